The molecule has 3 rings (SSSR count). The standard InChI is InChI=1S/C31H39N2O7PS/c1-22(2)18-25(30(34)33-29(31(35)32-3)19-23-10-14-26(40-4)15-11-23)21-41(36,37)20-24-12-16-28(17-13-24)42(38,39)27-8-6-5-7-9-27/h5-17,22,25,29H,18-21H2,1-4H3,(H,32,35)(H,33,34)(H,36,37)/t25?,29-/m1/s1. The molecule has 9 nitrogen and oxygen atoms in total. The van der Waals surface area contributed by atoms with E-state index in [9.17, 15) is 27.5 Å². The van der Waals surface area contributed by atoms with Crippen LogP contribution in [0.3, 0.4) is 0 Å². The number of hydrogen-bond donors (Lipinski definition) is 3. The molecule has 3 aromatic carbocycles. The molecule has 11 heteroatoms. The number of ether oxygens (including phenoxy) is 1. The van der Waals surface area contributed by atoms with E-state index in [4.69, 9.17) is 4.74 Å². The van der Waals surface area contributed by atoms with E-state index in [1.54, 1.807) is 37.4 Å². The molecule has 2 amide bonds. The first kappa shape index (κ1) is 33.0. The van der Waals surface area contributed by atoms with Crippen molar-refractivity contribution in [3.05, 3.63) is 90.0 Å². The number of rotatable bonds is 14. The Morgan fingerprint density at radius 1 is 0.881 bits per heavy atom. The van der Waals surface area contributed by atoms with Crippen LogP contribution in [0.4, 0.5) is 0 Å². The lowest BCUT2D eigenvalue weighted by molar-refractivity contribution is -0.130. The van der Waals surface area contributed by atoms with Crippen LogP contribution in [0.25, 0.3) is 0 Å². The number of carbonyl (C=O) groups is 2. The van der Waals surface area contributed by atoms with E-state index in [0.29, 0.717) is 17.7 Å². The fraction of sp³-hybridized carbons (Fsp3) is 0.355. The molecule has 0 saturated heterocycles. The van der Waals surface area contributed by atoms with Crippen molar-refractivity contribution in [2.24, 2.45) is 11.8 Å². The Kier molecular flexibility index (Phi) is 11.5. The average Bonchev–Trinajstić information content (AvgIpc) is 2.96. The van der Waals surface area contributed by atoms with Crippen LogP contribution in [0.1, 0.15) is 31.4 Å². The Morgan fingerprint density at radius 3 is 2.00 bits per heavy atom. The maximum absolute atomic E-state index is 13.4. The Labute approximate surface area is 248 Å². The number of benzene rings is 3. The van der Waals surface area contributed by atoms with Crippen LogP contribution in [0.5, 0.6) is 5.75 Å². The molecule has 42 heavy (non-hydrogen) atoms. The molecule has 0 saturated carbocycles. The lowest BCUT2D eigenvalue weighted by Gasteiger charge is -2.25. The summed E-state index contributed by atoms with van der Waals surface area (Å²) in [5.74, 6) is -0.920. The fourth-order valence-electron chi connectivity index (χ4n) is 4.71. The number of carbonyl (C=O) groups excluding carboxylic acids is 2. The maximum atomic E-state index is 13.4. The third-order valence-electron chi connectivity index (χ3n) is 6.83. The first-order chi connectivity index (χ1) is 19.8. The van der Waals surface area contributed by atoms with Crippen LogP contribution in [0, 0.1) is 11.8 Å². The van der Waals surface area contributed by atoms with Crippen LogP contribution in [0.2, 0.25) is 0 Å². The van der Waals surface area contributed by atoms with Gasteiger partial charge in [-0.1, -0.05) is 56.3 Å². The number of sulfone groups is 1. The number of nitrogens with one attached hydrogen (secondary N) is 2. The summed E-state index contributed by atoms with van der Waals surface area (Å²) < 4.78 is 44.3. The largest absolute Gasteiger partial charge is 0.497 e. The van der Waals surface area contributed by atoms with Crippen LogP contribution in [-0.4, -0.2) is 51.5 Å². The first-order valence-electron chi connectivity index (χ1n) is 13.7. The van der Waals surface area contributed by atoms with Gasteiger partial charge in [-0.3, -0.25) is 14.2 Å². The highest BCUT2D eigenvalue weighted by atomic mass is 32.2. The normalized spacial score (nSPS) is 14.4. The fourth-order valence-corrected chi connectivity index (χ4v) is 7.90. The Balaban J connectivity index is 1.73. The first-order valence-corrected chi connectivity index (χ1v) is 17.2. The number of amides is 2. The number of methoxy groups -OCH3 is 1. The molecule has 0 aliphatic heterocycles. The summed E-state index contributed by atoms with van der Waals surface area (Å²) in [7, 11) is -4.54. The monoisotopic (exact) mass is 614 g/mol. The van der Waals surface area contributed by atoms with Gasteiger partial charge in [0, 0.05) is 31.7 Å². The Hall–Kier alpha value is -3.46. The maximum Gasteiger partial charge on any atom is 0.242 e. The van der Waals surface area contributed by atoms with Crippen molar-refractivity contribution >= 4 is 29.0 Å². The van der Waals surface area contributed by atoms with Crippen molar-refractivity contribution in [2.45, 2.75) is 48.7 Å². The van der Waals surface area contributed by atoms with E-state index >= 15 is 0 Å². The average molecular weight is 615 g/mol. The molecule has 3 aromatic rings. The van der Waals surface area contributed by atoms with Gasteiger partial charge < -0.3 is 20.3 Å². The smallest absolute Gasteiger partial charge is 0.242 e. The zero-order valence-corrected chi connectivity index (χ0v) is 26.0. The van der Waals surface area contributed by atoms with Crippen molar-refractivity contribution < 1.29 is 32.2 Å². The minimum absolute atomic E-state index is 0.0586. The Morgan fingerprint density at radius 2 is 1.45 bits per heavy atom. The van der Waals surface area contributed by atoms with E-state index < -0.39 is 35.1 Å². The minimum atomic E-state index is -3.87. The second-order valence-electron chi connectivity index (χ2n) is 10.7. The molecule has 0 spiro atoms. The number of likely N-dealkylation sites (N-methyl/N-ethyl adjacent to an activating group) is 1. The molecule has 0 aliphatic rings. The Bertz CT molecular complexity index is 1490. The highest BCUT2D eigenvalue weighted by molar-refractivity contribution is 7.91. The van der Waals surface area contributed by atoms with E-state index in [-0.39, 0.29) is 40.4 Å². The van der Waals surface area contributed by atoms with Crippen LogP contribution >= 0.6 is 7.37 Å². The molecule has 226 valence electrons. The number of hydrogen-bond acceptors (Lipinski definition) is 6. The molecule has 2 unspecified atom stereocenters. The molecule has 0 aliphatic carbocycles. The zero-order valence-electron chi connectivity index (χ0n) is 24.3. The summed E-state index contributed by atoms with van der Waals surface area (Å²) in [6.07, 6.45) is 0.0990. The second kappa shape index (κ2) is 14.6. The second-order valence-corrected chi connectivity index (χ2v) is 15.0. The summed E-state index contributed by atoms with van der Waals surface area (Å²) >= 11 is 0. The van der Waals surface area contributed by atoms with Gasteiger partial charge in [0.1, 0.15) is 11.8 Å². The van der Waals surface area contributed by atoms with Crippen molar-refractivity contribution in [1.82, 2.24) is 10.6 Å². The van der Waals surface area contributed by atoms with E-state index in [0.717, 1.165) is 5.56 Å². The van der Waals surface area contributed by atoms with Gasteiger partial charge in [-0.15, -0.1) is 0 Å². The predicted molar refractivity (Wildman–Crippen MR) is 162 cm³/mol. The summed E-state index contributed by atoms with van der Waals surface area (Å²) in [6, 6.07) is 20.2. The zero-order chi connectivity index (χ0) is 30.9. The van der Waals surface area contributed by atoms with Gasteiger partial charge in [-0.05, 0) is 59.9 Å². The SMILES string of the molecule is CNC(=O)[C@@H](Cc1ccc(OC)cc1)NC(=O)C(CC(C)C)CP(=O)(O)Cc1ccc(S(=O)(=O)c2ccccc2)cc1. The van der Waals surface area contributed by atoms with Gasteiger partial charge in [0.05, 0.1) is 16.9 Å². The molecule has 0 fully saturated rings. The molecular weight excluding hydrogens is 575 g/mol. The van der Waals surface area contributed by atoms with Crippen molar-refractivity contribution in [3.8, 4) is 5.75 Å². The van der Waals surface area contributed by atoms with E-state index in [2.05, 4.69) is 10.6 Å². The third kappa shape index (κ3) is 9.28. The quantitative estimate of drug-likeness (QED) is 0.228. The van der Waals surface area contributed by atoms with Crippen molar-refractivity contribution in [2.75, 3.05) is 20.3 Å². The highest BCUT2D eigenvalue weighted by Crippen LogP contribution is 2.47. The van der Waals surface area contributed by atoms with E-state index in [1.165, 1.54) is 43.4 Å². The van der Waals surface area contributed by atoms with E-state index in [1.807, 2.05) is 26.0 Å². The lowest BCUT2D eigenvalue weighted by atomic mass is 9.97. The summed E-state index contributed by atoms with van der Waals surface area (Å²) in [5.41, 5.74) is 1.30. The molecule has 3 N–H and O–H groups in total. The van der Waals surface area contributed by atoms with Crippen molar-refractivity contribution in [3.63, 3.8) is 0 Å². The van der Waals surface area contributed by atoms with Crippen LogP contribution in [0.15, 0.2) is 88.7 Å². The summed E-state index contributed by atoms with van der Waals surface area (Å²) in [4.78, 5) is 37.2. The third-order valence-corrected chi connectivity index (χ3v) is 10.5. The summed E-state index contributed by atoms with van der Waals surface area (Å²) in [5, 5.41) is 5.37. The van der Waals surface area contributed by atoms with Gasteiger partial charge in [0.2, 0.25) is 29.0 Å². The van der Waals surface area contributed by atoms with Crippen LogP contribution in [-0.2, 0) is 36.6 Å². The topological polar surface area (TPSA) is 139 Å². The predicted octanol–water partition coefficient (Wildman–Crippen LogP) is 4.43. The van der Waals surface area contributed by atoms with Crippen molar-refractivity contribution in [1.29, 1.82) is 0 Å². The van der Waals surface area contributed by atoms with Gasteiger partial charge in [-0.2, -0.15) is 0 Å². The van der Waals surface area contributed by atoms with Gasteiger partial charge in [0.25, 0.3) is 0 Å². The lowest BCUT2D eigenvalue weighted by Crippen LogP contribution is -2.49. The molecule has 0 heterocycles. The minimum Gasteiger partial charge on any atom is -0.497 e. The molecule has 0 bridgehead atoms. The molecular formula is C31H39N2O7PS. The van der Waals surface area contributed by atoms with Gasteiger partial charge in [-0.25, -0.2) is 8.42 Å². The summed E-state index contributed by atoms with van der Waals surface area (Å²) in [6.45, 7) is 3.84. The molecule has 0 radical (unpaired) electrons. The van der Waals surface area contributed by atoms with Gasteiger partial charge in [0.15, 0.2) is 0 Å². The highest BCUT2D eigenvalue weighted by Gasteiger charge is 2.32. The van der Waals surface area contributed by atoms with Gasteiger partial charge >= 0.3 is 0 Å². The van der Waals surface area contributed by atoms with Crippen LogP contribution < -0.4 is 15.4 Å². The molecule has 0 aromatic heterocycles. The molecule has 3 atom stereocenters.